The molecule has 0 aromatic heterocycles. The zero-order valence-corrected chi connectivity index (χ0v) is 15.9. The van der Waals surface area contributed by atoms with Crippen molar-refractivity contribution in [3.63, 3.8) is 0 Å². The lowest BCUT2D eigenvalue weighted by atomic mass is 10.1. The van der Waals surface area contributed by atoms with Crippen molar-refractivity contribution in [1.82, 2.24) is 5.32 Å². The van der Waals surface area contributed by atoms with Gasteiger partial charge in [0.25, 0.3) is 11.8 Å². The molecule has 2 N–H and O–H groups in total. The van der Waals surface area contributed by atoms with Crippen molar-refractivity contribution in [1.29, 1.82) is 0 Å². The number of nitrogens with one attached hydrogen (secondary N) is 2. The number of halogens is 1. The molecule has 0 bridgehead atoms. The predicted molar refractivity (Wildman–Crippen MR) is 104 cm³/mol. The van der Waals surface area contributed by atoms with Crippen LogP contribution in [0, 0.1) is 13.8 Å². The van der Waals surface area contributed by atoms with Crippen LogP contribution in [0.25, 0.3) is 0 Å². The van der Waals surface area contributed by atoms with E-state index in [0.717, 1.165) is 11.1 Å². The Morgan fingerprint density at radius 3 is 2.44 bits per heavy atom. The van der Waals surface area contributed by atoms with Crippen molar-refractivity contribution in [3.8, 4) is 0 Å². The third-order valence-electron chi connectivity index (χ3n) is 3.96. The molecular formula is C20H21ClN2O4. The maximum atomic E-state index is 11.9. The van der Waals surface area contributed by atoms with Crippen LogP contribution in [0.5, 0.6) is 0 Å². The number of hydrogen-bond donors (Lipinski definition) is 2. The third-order valence-corrected chi connectivity index (χ3v) is 4.22. The standard InChI is InChI=1S/C20H21ClN2O4/c1-13-4-3-5-17(14(13)2)23-18(24)12-27-19(25)10-11-22-20(26)15-6-8-16(21)9-7-15/h3-9H,10-12H2,1-2H3,(H,22,26)(H,23,24). The first-order valence-electron chi connectivity index (χ1n) is 8.42. The molecule has 6 nitrogen and oxygen atoms in total. The summed E-state index contributed by atoms with van der Waals surface area (Å²) < 4.78 is 4.93. The Kier molecular flexibility index (Phi) is 7.37. The number of hydrogen-bond acceptors (Lipinski definition) is 4. The lowest BCUT2D eigenvalue weighted by Gasteiger charge is -2.10. The van der Waals surface area contributed by atoms with Crippen LogP contribution in [0.2, 0.25) is 5.02 Å². The van der Waals surface area contributed by atoms with E-state index in [4.69, 9.17) is 16.3 Å². The molecule has 2 aromatic rings. The van der Waals surface area contributed by atoms with Crippen molar-refractivity contribution in [2.24, 2.45) is 0 Å². The molecule has 2 rings (SSSR count). The van der Waals surface area contributed by atoms with Gasteiger partial charge in [0.1, 0.15) is 0 Å². The highest BCUT2D eigenvalue weighted by atomic mass is 35.5. The molecule has 0 unspecified atom stereocenters. The van der Waals surface area contributed by atoms with E-state index in [1.807, 2.05) is 26.0 Å². The number of carbonyl (C=O) groups is 3. The van der Waals surface area contributed by atoms with Gasteiger partial charge in [0.15, 0.2) is 6.61 Å². The number of ether oxygens (including phenoxy) is 1. The Bertz CT molecular complexity index is 834. The zero-order valence-electron chi connectivity index (χ0n) is 15.2. The van der Waals surface area contributed by atoms with Gasteiger partial charge < -0.3 is 15.4 Å². The summed E-state index contributed by atoms with van der Waals surface area (Å²) >= 11 is 5.76. The average Bonchev–Trinajstić information content (AvgIpc) is 2.64. The smallest absolute Gasteiger partial charge is 0.308 e. The fourth-order valence-electron chi connectivity index (χ4n) is 2.27. The van der Waals surface area contributed by atoms with E-state index in [2.05, 4.69) is 10.6 Å². The Morgan fingerprint density at radius 2 is 1.74 bits per heavy atom. The van der Waals surface area contributed by atoms with Crippen LogP contribution in [-0.4, -0.2) is 30.9 Å². The Hall–Kier alpha value is -2.86. The molecule has 0 fully saturated rings. The van der Waals surface area contributed by atoms with Gasteiger partial charge in [-0.1, -0.05) is 23.7 Å². The number of benzene rings is 2. The van der Waals surface area contributed by atoms with Crippen LogP contribution in [0.1, 0.15) is 27.9 Å². The van der Waals surface area contributed by atoms with E-state index < -0.39 is 11.9 Å². The maximum absolute atomic E-state index is 11.9. The Labute approximate surface area is 162 Å². The highest BCUT2D eigenvalue weighted by Crippen LogP contribution is 2.17. The second-order valence-corrected chi connectivity index (χ2v) is 6.41. The number of rotatable bonds is 7. The van der Waals surface area contributed by atoms with Crippen LogP contribution in [0.4, 0.5) is 5.69 Å². The molecule has 27 heavy (non-hydrogen) atoms. The molecule has 2 amide bonds. The molecule has 0 spiro atoms. The molecule has 7 heteroatoms. The summed E-state index contributed by atoms with van der Waals surface area (Å²) in [6.45, 7) is 3.58. The lowest BCUT2D eigenvalue weighted by molar-refractivity contribution is -0.147. The molecule has 0 saturated carbocycles. The first kappa shape index (κ1) is 20.5. The molecule has 0 aliphatic rings. The fourth-order valence-corrected chi connectivity index (χ4v) is 2.40. The number of carbonyl (C=O) groups excluding carboxylic acids is 3. The highest BCUT2D eigenvalue weighted by molar-refractivity contribution is 6.30. The van der Waals surface area contributed by atoms with Gasteiger partial charge in [0.2, 0.25) is 0 Å². The van der Waals surface area contributed by atoms with Gasteiger partial charge in [-0.2, -0.15) is 0 Å². The van der Waals surface area contributed by atoms with Crippen LogP contribution >= 0.6 is 11.6 Å². The molecule has 0 saturated heterocycles. The first-order chi connectivity index (χ1) is 12.9. The molecule has 0 atom stereocenters. The van der Waals surface area contributed by atoms with Crippen molar-refractivity contribution in [2.45, 2.75) is 20.3 Å². The summed E-state index contributed by atoms with van der Waals surface area (Å²) in [6, 6.07) is 12.0. The molecule has 2 aromatic carbocycles. The van der Waals surface area contributed by atoms with E-state index in [-0.39, 0.29) is 25.5 Å². The predicted octanol–water partition coefficient (Wildman–Crippen LogP) is 3.26. The quantitative estimate of drug-likeness (QED) is 0.713. The number of esters is 1. The largest absolute Gasteiger partial charge is 0.456 e. The van der Waals surface area contributed by atoms with Gasteiger partial charge in [0.05, 0.1) is 6.42 Å². The second-order valence-electron chi connectivity index (χ2n) is 5.97. The lowest BCUT2D eigenvalue weighted by Crippen LogP contribution is -2.27. The Balaban J connectivity index is 1.69. The van der Waals surface area contributed by atoms with Gasteiger partial charge in [-0.3, -0.25) is 14.4 Å². The van der Waals surface area contributed by atoms with Crippen molar-refractivity contribution >= 4 is 35.1 Å². The van der Waals surface area contributed by atoms with E-state index in [9.17, 15) is 14.4 Å². The molecule has 0 radical (unpaired) electrons. The summed E-state index contributed by atoms with van der Waals surface area (Å²) in [4.78, 5) is 35.5. The zero-order chi connectivity index (χ0) is 19.8. The van der Waals surface area contributed by atoms with E-state index >= 15 is 0 Å². The average molecular weight is 389 g/mol. The van der Waals surface area contributed by atoms with E-state index in [1.165, 1.54) is 0 Å². The second kappa shape index (κ2) is 9.73. The highest BCUT2D eigenvalue weighted by Gasteiger charge is 2.11. The molecular weight excluding hydrogens is 368 g/mol. The normalized spacial score (nSPS) is 10.2. The minimum Gasteiger partial charge on any atom is -0.456 e. The molecule has 0 heterocycles. The van der Waals surface area contributed by atoms with E-state index in [1.54, 1.807) is 30.3 Å². The van der Waals surface area contributed by atoms with E-state index in [0.29, 0.717) is 16.3 Å². The topological polar surface area (TPSA) is 84.5 Å². The van der Waals surface area contributed by atoms with Crippen molar-refractivity contribution < 1.29 is 19.1 Å². The molecule has 0 aliphatic carbocycles. The first-order valence-corrected chi connectivity index (χ1v) is 8.80. The maximum Gasteiger partial charge on any atom is 0.308 e. The number of aryl methyl sites for hydroxylation is 1. The van der Waals surface area contributed by atoms with Crippen LogP contribution in [0.15, 0.2) is 42.5 Å². The van der Waals surface area contributed by atoms with Gasteiger partial charge in [-0.25, -0.2) is 0 Å². The number of anilines is 1. The van der Waals surface area contributed by atoms with Crippen molar-refractivity contribution in [2.75, 3.05) is 18.5 Å². The third kappa shape index (κ3) is 6.42. The van der Waals surface area contributed by atoms with Gasteiger partial charge in [0, 0.05) is 22.8 Å². The van der Waals surface area contributed by atoms with Gasteiger partial charge >= 0.3 is 5.97 Å². The molecule has 0 aliphatic heterocycles. The summed E-state index contributed by atoms with van der Waals surface area (Å²) in [5.74, 6) is -1.29. The van der Waals surface area contributed by atoms with Gasteiger partial charge in [-0.15, -0.1) is 0 Å². The molecule has 142 valence electrons. The summed E-state index contributed by atoms with van der Waals surface area (Å²) in [5.41, 5.74) is 3.15. The van der Waals surface area contributed by atoms with Crippen LogP contribution in [0.3, 0.4) is 0 Å². The SMILES string of the molecule is Cc1cccc(NC(=O)COC(=O)CCNC(=O)c2ccc(Cl)cc2)c1C. The fraction of sp³-hybridized carbons (Fsp3) is 0.250. The monoisotopic (exact) mass is 388 g/mol. The minimum atomic E-state index is -0.567. The summed E-state index contributed by atoms with van der Waals surface area (Å²) in [5, 5.41) is 5.85. The van der Waals surface area contributed by atoms with Gasteiger partial charge in [-0.05, 0) is 55.3 Å². The van der Waals surface area contributed by atoms with Crippen LogP contribution in [-0.2, 0) is 14.3 Å². The number of amides is 2. The van der Waals surface area contributed by atoms with Crippen molar-refractivity contribution in [3.05, 3.63) is 64.2 Å². The Morgan fingerprint density at radius 1 is 1.04 bits per heavy atom. The van der Waals surface area contributed by atoms with Crippen LogP contribution < -0.4 is 10.6 Å². The summed E-state index contributed by atoms with van der Waals surface area (Å²) in [7, 11) is 0. The summed E-state index contributed by atoms with van der Waals surface area (Å²) in [6.07, 6.45) is -0.0317. The minimum absolute atomic E-state index is 0.0317.